The van der Waals surface area contributed by atoms with Crippen molar-refractivity contribution in [1.82, 2.24) is 9.80 Å². The Bertz CT molecular complexity index is 846. The zero-order valence-electron chi connectivity index (χ0n) is 14.3. The lowest BCUT2D eigenvalue weighted by Crippen LogP contribution is -2.49. The van der Waals surface area contributed by atoms with Gasteiger partial charge in [0.25, 0.3) is 5.91 Å². The van der Waals surface area contributed by atoms with Crippen molar-refractivity contribution in [3.8, 4) is 0 Å². The zero-order valence-corrected chi connectivity index (χ0v) is 15.9. The Morgan fingerprint density at radius 1 is 0.923 bits per heavy atom. The highest BCUT2D eigenvalue weighted by molar-refractivity contribution is 7.91. The zero-order chi connectivity index (χ0) is 18.6. The quantitative estimate of drug-likeness (QED) is 0.784. The molecule has 0 N–H and O–H groups in total. The lowest BCUT2D eigenvalue weighted by Gasteiger charge is -2.34. The second-order valence-corrected chi connectivity index (χ2v) is 8.82. The number of piperazine rings is 1. The molecule has 1 aliphatic heterocycles. The molecule has 1 heterocycles. The van der Waals surface area contributed by atoms with Crippen molar-refractivity contribution in [3.63, 3.8) is 0 Å². The van der Waals surface area contributed by atoms with E-state index in [2.05, 4.69) is 4.90 Å². The first-order valence-corrected chi connectivity index (χ1v) is 10.5. The van der Waals surface area contributed by atoms with Gasteiger partial charge in [-0.25, -0.2) is 8.42 Å². The molecule has 3 rings (SSSR count). The average Bonchev–Trinajstić information content (AvgIpc) is 2.67. The normalized spacial score (nSPS) is 15.8. The summed E-state index contributed by atoms with van der Waals surface area (Å²) in [5.41, 5.74) is 0.686. The molecule has 1 aliphatic rings. The fourth-order valence-electron chi connectivity index (χ4n) is 2.95. The number of hydrogen-bond acceptors (Lipinski definition) is 4. The number of nitrogens with zero attached hydrogens (tertiary/aromatic N) is 2. The van der Waals surface area contributed by atoms with Gasteiger partial charge < -0.3 is 4.90 Å². The Kier molecular flexibility index (Phi) is 5.96. The van der Waals surface area contributed by atoms with Crippen LogP contribution >= 0.6 is 11.6 Å². The van der Waals surface area contributed by atoms with Crippen molar-refractivity contribution in [1.29, 1.82) is 0 Å². The predicted octanol–water partition coefficient (Wildman–Crippen LogP) is 2.57. The van der Waals surface area contributed by atoms with E-state index in [1.165, 1.54) is 12.1 Å². The smallest absolute Gasteiger partial charge is 0.253 e. The summed E-state index contributed by atoms with van der Waals surface area (Å²) in [5, 5.41) is 0.517. The maximum Gasteiger partial charge on any atom is 0.253 e. The van der Waals surface area contributed by atoms with Gasteiger partial charge in [-0.15, -0.1) is 0 Å². The van der Waals surface area contributed by atoms with Crippen LogP contribution in [0.4, 0.5) is 0 Å². The molecule has 0 aliphatic carbocycles. The predicted molar refractivity (Wildman–Crippen MR) is 102 cm³/mol. The van der Waals surface area contributed by atoms with Crippen LogP contribution in [0.3, 0.4) is 0 Å². The van der Waals surface area contributed by atoms with Gasteiger partial charge in [0, 0.05) is 43.3 Å². The molecule has 0 spiro atoms. The second-order valence-electron chi connectivity index (χ2n) is 6.27. The van der Waals surface area contributed by atoms with Crippen LogP contribution < -0.4 is 0 Å². The summed E-state index contributed by atoms with van der Waals surface area (Å²) in [6.07, 6.45) is 0. The molecule has 5 nitrogen and oxygen atoms in total. The van der Waals surface area contributed by atoms with E-state index in [4.69, 9.17) is 11.6 Å². The monoisotopic (exact) mass is 392 g/mol. The van der Waals surface area contributed by atoms with Gasteiger partial charge in [-0.3, -0.25) is 9.69 Å². The van der Waals surface area contributed by atoms with Crippen LogP contribution in [0.25, 0.3) is 0 Å². The van der Waals surface area contributed by atoms with Crippen LogP contribution in [0.2, 0.25) is 5.02 Å². The van der Waals surface area contributed by atoms with Crippen LogP contribution in [0.15, 0.2) is 59.5 Å². The number of benzene rings is 2. The van der Waals surface area contributed by atoms with Gasteiger partial charge >= 0.3 is 0 Å². The van der Waals surface area contributed by atoms with Crippen LogP contribution in [-0.4, -0.2) is 62.6 Å². The third-order valence-corrected chi connectivity index (χ3v) is 6.49. The first-order chi connectivity index (χ1) is 12.5. The Balaban J connectivity index is 1.51. The van der Waals surface area contributed by atoms with Crippen LogP contribution in [-0.2, 0) is 9.84 Å². The van der Waals surface area contributed by atoms with Gasteiger partial charge in [-0.2, -0.15) is 0 Å². The van der Waals surface area contributed by atoms with Crippen molar-refractivity contribution in [3.05, 3.63) is 65.2 Å². The van der Waals surface area contributed by atoms with Crippen molar-refractivity contribution in [2.24, 2.45) is 0 Å². The summed E-state index contributed by atoms with van der Waals surface area (Å²) in [6, 6.07) is 15.5. The van der Waals surface area contributed by atoms with Gasteiger partial charge in [-0.1, -0.05) is 29.8 Å². The average molecular weight is 393 g/mol. The van der Waals surface area contributed by atoms with Gasteiger partial charge in [0.05, 0.1) is 10.6 Å². The van der Waals surface area contributed by atoms with E-state index in [1.807, 2.05) is 35.2 Å². The third kappa shape index (κ3) is 4.63. The molecule has 2 aromatic carbocycles. The molecule has 26 heavy (non-hydrogen) atoms. The van der Waals surface area contributed by atoms with E-state index in [9.17, 15) is 13.2 Å². The minimum absolute atomic E-state index is 0.0269. The molecule has 7 heteroatoms. The van der Waals surface area contributed by atoms with Crippen LogP contribution in [0.5, 0.6) is 0 Å². The van der Waals surface area contributed by atoms with Crippen molar-refractivity contribution >= 4 is 27.3 Å². The molecular weight excluding hydrogens is 372 g/mol. The first-order valence-electron chi connectivity index (χ1n) is 8.51. The standard InChI is InChI=1S/C19H21ClN2O3S/c20-17-6-8-18(9-7-17)26(24,25)15-14-21-10-12-22(13-11-21)19(23)16-4-2-1-3-5-16/h1-9H,10-15H2. The van der Waals surface area contributed by atoms with Crippen LogP contribution in [0, 0.1) is 0 Å². The van der Waals surface area contributed by atoms with Crippen molar-refractivity contribution < 1.29 is 13.2 Å². The summed E-state index contributed by atoms with van der Waals surface area (Å²) < 4.78 is 24.8. The second kappa shape index (κ2) is 8.20. The molecule has 2 aromatic rings. The molecule has 1 saturated heterocycles. The molecule has 138 valence electrons. The lowest BCUT2D eigenvalue weighted by molar-refractivity contribution is 0.0644. The Morgan fingerprint density at radius 2 is 1.54 bits per heavy atom. The first kappa shape index (κ1) is 18.9. The van der Waals surface area contributed by atoms with Gasteiger partial charge in [-0.05, 0) is 36.4 Å². The number of rotatable bonds is 5. The van der Waals surface area contributed by atoms with E-state index in [1.54, 1.807) is 12.1 Å². The third-order valence-electron chi connectivity index (χ3n) is 4.53. The minimum atomic E-state index is -3.33. The summed E-state index contributed by atoms with van der Waals surface area (Å²) in [4.78, 5) is 16.6. The topological polar surface area (TPSA) is 57.7 Å². The summed E-state index contributed by atoms with van der Waals surface area (Å²) in [7, 11) is -3.33. The lowest BCUT2D eigenvalue weighted by atomic mass is 10.2. The fourth-order valence-corrected chi connectivity index (χ4v) is 4.36. The molecule has 1 amide bonds. The number of hydrogen-bond donors (Lipinski definition) is 0. The van der Waals surface area contributed by atoms with Gasteiger partial charge in [0.1, 0.15) is 0 Å². The maximum atomic E-state index is 12.4. The SMILES string of the molecule is O=C(c1ccccc1)N1CCN(CCS(=O)(=O)c2ccc(Cl)cc2)CC1. The van der Waals surface area contributed by atoms with Crippen molar-refractivity contribution in [2.75, 3.05) is 38.5 Å². The summed E-state index contributed by atoms with van der Waals surface area (Å²) in [5.74, 6) is 0.0837. The van der Waals surface area contributed by atoms with E-state index < -0.39 is 9.84 Å². The Morgan fingerprint density at radius 3 is 2.15 bits per heavy atom. The highest BCUT2D eigenvalue weighted by Gasteiger charge is 2.23. The van der Waals surface area contributed by atoms with E-state index in [0.717, 1.165) is 0 Å². The van der Waals surface area contributed by atoms with Crippen molar-refractivity contribution in [2.45, 2.75) is 4.90 Å². The molecule has 1 fully saturated rings. The van der Waals surface area contributed by atoms with Gasteiger partial charge in [0.15, 0.2) is 9.84 Å². The molecule has 0 atom stereocenters. The molecule has 0 aromatic heterocycles. The van der Waals surface area contributed by atoms with Gasteiger partial charge in [0.2, 0.25) is 0 Å². The highest BCUT2D eigenvalue weighted by Crippen LogP contribution is 2.16. The van der Waals surface area contributed by atoms with Crippen LogP contribution in [0.1, 0.15) is 10.4 Å². The molecule has 0 bridgehead atoms. The van der Waals surface area contributed by atoms with E-state index >= 15 is 0 Å². The summed E-state index contributed by atoms with van der Waals surface area (Å²) in [6.45, 7) is 3.02. The molecule has 0 saturated carbocycles. The van der Waals surface area contributed by atoms with E-state index in [0.29, 0.717) is 48.2 Å². The molecular formula is C19H21ClN2O3S. The number of halogens is 1. The summed E-state index contributed by atoms with van der Waals surface area (Å²) >= 11 is 5.81. The maximum absolute atomic E-state index is 12.4. The number of carbonyl (C=O) groups is 1. The fraction of sp³-hybridized carbons (Fsp3) is 0.316. The number of amides is 1. The Labute approximate surface area is 159 Å². The Hall–Kier alpha value is -1.89. The number of carbonyl (C=O) groups excluding carboxylic acids is 1. The molecule has 0 unspecified atom stereocenters. The largest absolute Gasteiger partial charge is 0.336 e. The minimum Gasteiger partial charge on any atom is -0.336 e. The number of sulfone groups is 1. The highest BCUT2D eigenvalue weighted by atomic mass is 35.5. The van der Waals surface area contributed by atoms with E-state index in [-0.39, 0.29) is 11.7 Å². The molecule has 0 radical (unpaired) electrons.